The van der Waals surface area contributed by atoms with Crippen molar-refractivity contribution in [3.05, 3.63) is 0 Å². The van der Waals surface area contributed by atoms with E-state index in [1.54, 1.807) is 6.92 Å². The molecule has 1 atom stereocenters. The molecule has 0 N–H and O–H groups in total. The van der Waals surface area contributed by atoms with Gasteiger partial charge >= 0.3 is 5.97 Å². The van der Waals surface area contributed by atoms with Gasteiger partial charge in [-0.1, -0.05) is 0 Å². The average Bonchev–Trinajstić information content (AvgIpc) is 2.67. The minimum absolute atomic E-state index is 0.0544. The molecule has 0 aliphatic carbocycles. The molecule has 0 aromatic heterocycles. The summed E-state index contributed by atoms with van der Waals surface area (Å²) < 4.78 is 33.9. The molecular formula is C12H21NO5S. The zero-order valence-corrected chi connectivity index (χ0v) is 12.1. The summed E-state index contributed by atoms with van der Waals surface area (Å²) in [6, 6.07) is 0. The second-order valence-electron chi connectivity index (χ2n) is 5.15. The average molecular weight is 291 g/mol. The number of hydrogen-bond donors (Lipinski definition) is 0. The van der Waals surface area contributed by atoms with Crippen LogP contribution >= 0.6 is 0 Å². The first-order valence-electron chi connectivity index (χ1n) is 6.66. The lowest BCUT2D eigenvalue weighted by Gasteiger charge is -2.41. The van der Waals surface area contributed by atoms with Crippen LogP contribution in [0.2, 0.25) is 0 Å². The molecule has 2 aliphatic rings. The molecule has 6 nitrogen and oxygen atoms in total. The van der Waals surface area contributed by atoms with Crippen molar-refractivity contribution in [2.24, 2.45) is 0 Å². The second kappa shape index (κ2) is 5.76. The summed E-state index contributed by atoms with van der Waals surface area (Å²) in [4.78, 5) is 13.9. The molecular weight excluding hydrogens is 270 g/mol. The zero-order chi connectivity index (χ0) is 13.9. The zero-order valence-electron chi connectivity index (χ0n) is 11.3. The molecule has 0 amide bonds. The number of nitrogens with zero attached hydrogens (tertiary/aromatic N) is 1. The molecule has 0 aromatic rings. The molecule has 7 heteroatoms. The maximum absolute atomic E-state index is 11.8. The van der Waals surface area contributed by atoms with Crippen molar-refractivity contribution in [2.75, 3.05) is 44.4 Å². The molecule has 0 radical (unpaired) electrons. The molecule has 1 unspecified atom stereocenters. The van der Waals surface area contributed by atoms with Gasteiger partial charge in [0.2, 0.25) is 0 Å². The van der Waals surface area contributed by atoms with E-state index >= 15 is 0 Å². The third kappa shape index (κ3) is 3.46. The molecule has 2 aliphatic heterocycles. The first-order chi connectivity index (χ1) is 8.97. The van der Waals surface area contributed by atoms with Gasteiger partial charge in [-0.05, 0) is 13.3 Å². The van der Waals surface area contributed by atoms with Crippen molar-refractivity contribution in [2.45, 2.75) is 25.3 Å². The fraction of sp³-hybridized carbons (Fsp3) is 0.917. The van der Waals surface area contributed by atoms with Gasteiger partial charge in [-0.25, -0.2) is 8.42 Å². The van der Waals surface area contributed by atoms with Crippen molar-refractivity contribution in [3.63, 3.8) is 0 Å². The van der Waals surface area contributed by atoms with Crippen LogP contribution in [0.4, 0.5) is 0 Å². The van der Waals surface area contributed by atoms with Crippen LogP contribution in [0.5, 0.6) is 0 Å². The van der Waals surface area contributed by atoms with Crippen molar-refractivity contribution >= 4 is 15.8 Å². The lowest BCUT2D eigenvalue weighted by molar-refractivity contribution is -0.147. The maximum atomic E-state index is 11.8. The van der Waals surface area contributed by atoms with Crippen LogP contribution in [0.3, 0.4) is 0 Å². The van der Waals surface area contributed by atoms with Gasteiger partial charge in [0.15, 0.2) is 9.84 Å². The van der Waals surface area contributed by atoms with Crippen LogP contribution in [-0.4, -0.2) is 69.2 Å². The van der Waals surface area contributed by atoms with Gasteiger partial charge in [-0.2, -0.15) is 0 Å². The number of sulfone groups is 1. The molecule has 0 saturated carbocycles. The van der Waals surface area contributed by atoms with Gasteiger partial charge in [-0.3, -0.25) is 9.69 Å². The van der Waals surface area contributed by atoms with Crippen LogP contribution in [0.25, 0.3) is 0 Å². The maximum Gasteiger partial charge on any atom is 0.307 e. The highest BCUT2D eigenvalue weighted by Gasteiger charge is 2.48. The predicted molar refractivity (Wildman–Crippen MR) is 69.6 cm³/mol. The summed E-state index contributed by atoms with van der Waals surface area (Å²) in [5, 5.41) is 0. The molecule has 2 fully saturated rings. The van der Waals surface area contributed by atoms with Gasteiger partial charge in [0, 0.05) is 18.6 Å². The number of esters is 1. The fourth-order valence-electron chi connectivity index (χ4n) is 2.92. The molecule has 110 valence electrons. The van der Waals surface area contributed by atoms with Gasteiger partial charge in [-0.15, -0.1) is 0 Å². The number of rotatable bonds is 4. The Morgan fingerprint density at radius 3 is 2.58 bits per heavy atom. The highest BCUT2D eigenvalue weighted by Crippen LogP contribution is 2.34. The predicted octanol–water partition coefficient (Wildman–Crippen LogP) is -0.171. The van der Waals surface area contributed by atoms with E-state index in [2.05, 4.69) is 4.90 Å². The highest BCUT2D eigenvalue weighted by molar-refractivity contribution is 7.91. The quantitative estimate of drug-likeness (QED) is 0.670. The van der Waals surface area contributed by atoms with Gasteiger partial charge in [0.1, 0.15) is 0 Å². The Morgan fingerprint density at radius 2 is 2.05 bits per heavy atom. The highest BCUT2D eigenvalue weighted by atomic mass is 32.2. The van der Waals surface area contributed by atoms with Crippen LogP contribution in [0, 0.1) is 0 Å². The smallest absolute Gasteiger partial charge is 0.307 e. The number of morpholine rings is 1. The Hall–Kier alpha value is -0.660. The fourth-order valence-corrected chi connectivity index (χ4v) is 5.00. The Balaban J connectivity index is 2.15. The largest absolute Gasteiger partial charge is 0.466 e. The van der Waals surface area contributed by atoms with Crippen LogP contribution in [0.1, 0.15) is 19.8 Å². The molecule has 2 saturated heterocycles. The molecule has 2 rings (SSSR count). The van der Waals surface area contributed by atoms with E-state index in [0.29, 0.717) is 39.3 Å². The molecule has 0 aromatic carbocycles. The van der Waals surface area contributed by atoms with E-state index in [-0.39, 0.29) is 23.9 Å². The second-order valence-corrected chi connectivity index (χ2v) is 7.33. The summed E-state index contributed by atoms with van der Waals surface area (Å²) in [5.74, 6) is -0.103. The van der Waals surface area contributed by atoms with E-state index in [4.69, 9.17) is 9.47 Å². The van der Waals surface area contributed by atoms with Crippen molar-refractivity contribution in [1.82, 2.24) is 4.90 Å². The minimum atomic E-state index is -3.05. The van der Waals surface area contributed by atoms with Gasteiger partial charge in [0.05, 0.1) is 37.7 Å². The lowest BCUT2D eigenvalue weighted by Crippen LogP contribution is -2.55. The van der Waals surface area contributed by atoms with E-state index in [0.717, 1.165) is 0 Å². The topological polar surface area (TPSA) is 72.9 Å². The minimum Gasteiger partial charge on any atom is -0.466 e. The molecule has 2 heterocycles. The third-order valence-electron chi connectivity index (χ3n) is 3.83. The van der Waals surface area contributed by atoms with Crippen molar-refractivity contribution in [3.8, 4) is 0 Å². The van der Waals surface area contributed by atoms with Gasteiger partial charge in [0.25, 0.3) is 0 Å². The first-order valence-corrected chi connectivity index (χ1v) is 8.48. The standard InChI is InChI=1S/C12H21NO5S/c1-2-18-11(14)9-12(3-8-19(15,16)10-12)13-4-6-17-7-5-13/h2-10H2,1H3. The van der Waals surface area contributed by atoms with Gasteiger partial charge < -0.3 is 9.47 Å². The monoisotopic (exact) mass is 291 g/mol. The van der Waals surface area contributed by atoms with Crippen molar-refractivity contribution in [1.29, 1.82) is 0 Å². The Morgan fingerprint density at radius 1 is 1.37 bits per heavy atom. The van der Waals surface area contributed by atoms with E-state index in [1.165, 1.54) is 0 Å². The van der Waals surface area contributed by atoms with Crippen molar-refractivity contribution < 1.29 is 22.7 Å². The Labute approximate surface area is 114 Å². The van der Waals surface area contributed by atoms with Crippen LogP contribution < -0.4 is 0 Å². The Bertz CT molecular complexity index is 429. The van der Waals surface area contributed by atoms with E-state index in [1.807, 2.05) is 0 Å². The van der Waals surface area contributed by atoms with Crippen LogP contribution in [-0.2, 0) is 24.1 Å². The summed E-state index contributed by atoms with van der Waals surface area (Å²) in [7, 11) is -3.05. The summed E-state index contributed by atoms with van der Waals surface area (Å²) in [5.41, 5.74) is -0.588. The van der Waals surface area contributed by atoms with E-state index in [9.17, 15) is 13.2 Å². The third-order valence-corrected chi connectivity index (χ3v) is 5.63. The molecule has 0 bridgehead atoms. The van der Waals surface area contributed by atoms with Crippen LogP contribution in [0.15, 0.2) is 0 Å². The number of carbonyl (C=O) groups excluding carboxylic acids is 1. The lowest BCUT2D eigenvalue weighted by atomic mass is 9.91. The SMILES string of the molecule is CCOC(=O)CC1(N2CCOCC2)CCS(=O)(=O)C1. The number of hydrogen-bond acceptors (Lipinski definition) is 6. The Kier molecular flexibility index (Phi) is 4.47. The van der Waals surface area contributed by atoms with E-state index < -0.39 is 15.4 Å². The summed E-state index contributed by atoms with van der Waals surface area (Å²) in [6.07, 6.45) is 0.661. The number of ether oxygens (including phenoxy) is 2. The summed E-state index contributed by atoms with van der Waals surface area (Å²) >= 11 is 0. The number of carbonyl (C=O) groups is 1. The summed E-state index contributed by atoms with van der Waals surface area (Å²) in [6.45, 7) is 4.61. The first kappa shape index (κ1) is 14.7. The normalized spacial score (nSPS) is 31.2. The molecule has 0 spiro atoms. The molecule has 19 heavy (non-hydrogen) atoms.